The third kappa shape index (κ3) is 4.27. The summed E-state index contributed by atoms with van der Waals surface area (Å²) in [6.07, 6.45) is 5.54. The molecule has 6 nitrogen and oxygen atoms in total. The predicted octanol–water partition coefficient (Wildman–Crippen LogP) is 5.70. The summed E-state index contributed by atoms with van der Waals surface area (Å²) in [6, 6.07) is 13.3. The highest BCUT2D eigenvalue weighted by Gasteiger charge is 2.31. The second-order valence-corrected chi connectivity index (χ2v) is 9.06. The molecule has 1 N–H and O–H groups in total. The van der Waals surface area contributed by atoms with Crippen LogP contribution in [0.3, 0.4) is 0 Å². The van der Waals surface area contributed by atoms with E-state index >= 15 is 0 Å². The number of anilines is 2. The molecule has 3 aromatic rings. The summed E-state index contributed by atoms with van der Waals surface area (Å²) in [7, 11) is 0. The fourth-order valence-corrected chi connectivity index (χ4v) is 4.75. The van der Waals surface area contributed by atoms with Crippen molar-refractivity contribution < 1.29 is 9.59 Å². The minimum Gasteiger partial charge on any atom is -0.322 e. The maximum absolute atomic E-state index is 12.9. The molecule has 1 fully saturated rings. The molecule has 6 heteroatoms. The maximum Gasteiger partial charge on any atom is 0.255 e. The van der Waals surface area contributed by atoms with Crippen LogP contribution in [0.15, 0.2) is 42.5 Å². The van der Waals surface area contributed by atoms with Crippen LogP contribution in [-0.2, 0) is 4.79 Å². The number of amides is 2. The normalized spacial score (nSPS) is 14.7. The van der Waals surface area contributed by atoms with Gasteiger partial charge in [0.25, 0.3) is 5.91 Å². The third-order valence-electron chi connectivity index (χ3n) is 6.25. The fourth-order valence-electron chi connectivity index (χ4n) is 4.75. The number of benzene rings is 1. The van der Waals surface area contributed by atoms with Crippen LogP contribution in [0.2, 0.25) is 0 Å². The summed E-state index contributed by atoms with van der Waals surface area (Å²) in [5, 5.41) is 2.95. The number of aryl methyl sites for hydroxylation is 1. The molecule has 168 valence electrons. The number of aromatic nitrogens is 2. The summed E-state index contributed by atoms with van der Waals surface area (Å²) in [5.41, 5.74) is 3.79. The number of imidazole rings is 1. The lowest BCUT2D eigenvalue weighted by molar-refractivity contribution is -0.117. The first-order valence-electron chi connectivity index (χ1n) is 11.6. The maximum atomic E-state index is 12.9. The van der Waals surface area contributed by atoms with Crippen molar-refractivity contribution in [3.8, 4) is 0 Å². The van der Waals surface area contributed by atoms with E-state index in [1.54, 1.807) is 6.92 Å². The third-order valence-corrected chi connectivity index (χ3v) is 6.25. The van der Waals surface area contributed by atoms with E-state index in [4.69, 9.17) is 4.98 Å². The molecule has 0 unspecified atom stereocenters. The molecule has 1 aromatic carbocycles. The minimum absolute atomic E-state index is 0.0471. The van der Waals surface area contributed by atoms with Crippen LogP contribution < -0.4 is 10.2 Å². The number of hydrogen-bond acceptors (Lipinski definition) is 3. The summed E-state index contributed by atoms with van der Waals surface area (Å²) in [6.45, 7) is 7.82. The molecule has 0 atom stereocenters. The molecule has 4 rings (SSSR count). The van der Waals surface area contributed by atoms with E-state index in [-0.39, 0.29) is 23.8 Å². The van der Waals surface area contributed by atoms with Crippen LogP contribution in [0.4, 0.5) is 11.5 Å². The van der Waals surface area contributed by atoms with Crippen molar-refractivity contribution >= 4 is 29.0 Å². The van der Waals surface area contributed by atoms with Gasteiger partial charge in [-0.1, -0.05) is 51.3 Å². The lowest BCUT2D eigenvalue weighted by Crippen LogP contribution is -2.41. The molecular weight excluding hydrogens is 400 g/mol. The zero-order chi connectivity index (χ0) is 22.8. The molecular formula is C26H32N4O2. The van der Waals surface area contributed by atoms with Gasteiger partial charge in [-0.05, 0) is 49.9 Å². The molecule has 0 saturated heterocycles. The zero-order valence-electron chi connectivity index (χ0n) is 19.4. The SMILES string of the molecule is CC(=O)N(c1c(C(C)C)nc2cc(C(=O)Nc3ccccc3)cc(C)n12)C1CCCCC1. The standard InChI is InChI=1S/C26H32N4O2/c1-17(2)24-26(30(19(4)31)22-13-9-6-10-14-22)29-18(3)15-20(16-23(29)28-24)25(32)27-21-11-7-5-8-12-21/h5,7-8,11-12,15-17,22H,6,9-10,13-14H2,1-4H3,(H,27,32). The number of pyridine rings is 1. The number of carbonyl (C=O) groups is 2. The lowest BCUT2D eigenvalue weighted by Gasteiger charge is -2.34. The van der Waals surface area contributed by atoms with Gasteiger partial charge in [0.15, 0.2) is 0 Å². The van der Waals surface area contributed by atoms with E-state index in [0.717, 1.165) is 48.6 Å². The van der Waals surface area contributed by atoms with Gasteiger partial charge in [0.2, 0.25) is 5.91 Å². The van der Waals surface area contributed by atoms with Gasteiger partial charge in [0, 0.05) is 29.9 Å². The molecule has 0 aliphatic heterocycles. The predicted molar refractivity (Wildman–Crippen MR) is 128 cm³/mol. The number of fused-ring (bicyclic) bond motifs is 1. The van der Waals surface area contributed by atoms with Crippen molar-refractivity contribution in [1.29, 1.82) is 0 Å². The summed E-state index contributed by atoms with van der Waals surface area (Å²) in [5.74, 6) is 0.886. The first-order chi connectivity index (χ1) is 15.4. The Labute approximate surface area is 189 Å². The molecule has 0 radical (unpaired) electrons. The molecule has 0 spiro atoms. The van der Waals surface area contributed by atoms with Crippen molar-refractivity contribution in [1.82, 2.24) is 9.38 Å². The van der Waals surface area contributed by atoms with Crippen LogP contribution in [0.25, 0.3) is 5.65 Å². The number of hydrogen-bond donors (Lipinski definition) is 1. The van der Waals surface area contributed by atoms with Crippen molar-refractivity contribution in [3.63, 3.8) is 0 Å². The van der Waals surface area contributed by atoms with Gasteiger partial charge >= 0.3 is 0 Å². The van der Waals surface area contributed by atoms with Gasteiger partial charge < -0.3 is 5.32 Å². The van der Waals surface area contributed by atoms with E-state index in [1.807, 2.05) is 58.7 Å². The Hall–Kier alpha value is -3.15. The van der Waals surface area contributed by atoms with Crippen LogP contribution in [0.1, 0.15) is 80.5 Å². The summed E-state index contributed by atoms with van der Waals surface area (Å²) in [4.78, 5) is 32.7. The molecule has 1 aliphatic carbocycles. The molecule has 1 aliphatic rings. The lowest BCUT2D eigenvalue weighted by atomic mass is 9.93. The Morgan fingerprint density at radius 2 is 1.78 bits per heavy atom. The monoisotopic (exact) mass is 432 g/mol. The number of para-hydroxylation sites is 1. The second kappa shape index (κ2) is 9.15. The van der Waals surface area contributed by atoms with Gasteiger partial charge in [0.1, 0.15) is 11.5 Å². The molecule has 2 heterocycles. The van der Waals surface area contributed by atoms with Crippen LogP contribution in [0, 0.1) is 6.92 Å². The van der Waals surface area contributed by atoms with Gasteiger partial charge in [-0.15, -0.1) is 0 Å². The van der Waals surface area contributed by atoms with Gasteiger partial charge in [-0.2, -0.15) is 0 Å². The first-order valence-corrected chi connectivity index (χ1v) is 11.6. The van der Waals surface area contributed by atoms with Crippen molar-refractivity contribution in [2.24, 2.45) is 0 Å². The Kier molecular flexibility index (Phi) is 6.31. The van der Waals surface area contributed by atoms with Crippen molar-refractivity contribution in [3.05, 3.63) is 59.4 Å². The summed E-state index contributed by atoms with van der Waals surface area (Å²) >= 11 is 0. The quantitative estimate of drug-likeness (QED) is 0.562. The molecule has 2 amide bonds. The van der Waals surface area contributed by atoms with Crippen molar-refractivity contribution in [2.75, 3.05) is 10.2 Å². The smallest absolute Gasteiger partial charge is 0.255 e. The van der Waals surface area contributed by atoms with Crippen molar-refractivity contribution in [2.45, 2.75) is 71.8 Å². The summed E-state index contributed by atoms with van der Waals surface area (Å²) < 4.78 is 2.05. The zero-order valence-corrected chi connectivity index (χ0v) is 19.4. The topological polar surface area (TPSA) is 66.7 Å². The fraction of sp³-hybridized carbons (Fsp3) is 0.423. The Balaban J connectivity index is 1.80. The van der Waals surface area contributed by atoms with E-state index in [1.165, 1.54) is 6.42 Å². The average Bonchev–Trinajstić information content (AvgIpc) is 3.15. The van der Waals surface area contributed by atoms with E-state index < -0.39 is 0 Å². The van der Waals surface area contributed by atoms with Gasteiger partial charge in [0.05, 0.1) is 5.69 Å². The first kappa shape index (κ1) is 22.1. The van der Waals surface area contributed by atoms with Gasteiger partial charge in [-0.3, -0.25) is 18.9 Å². The minimum atomic E-state index is -0.173. The Morgan fingerprint density at radius 1 is 1.09 bits per heavy atom. The number of carbonyl (C=O) groups excluding carboxylic acids is 2. The Morgan fingerprint density at radius 3 is 2.41 bits per heavy atom. The van der Waals surface area contributed by atoms with Crippen LogP contribution in [-0.4, -0.2) is 27.2 Å². The van der Waals surface area contributed by atoms with Crippen LogP contribution >= 0.6 is 0 Å². The molecule has 32 heavy (non-hydrogen) atoms. The number of rotatable bonds is 5. The molecule has 2 aromatic heterocycles. The van der Waals surface area contributed by atoms with E-state index in [0.29, 0.717) is 11.2 Å². The molecule has 0 bridgehead atoms. The van der Waals surface area contributed by atoms with Crippen LogP contribution in [0.5, 0.6) is 0 Å². The number of nitrogens with one attached hydrogen (secondary N) is 1. The highest BCUT2D eigenvalue weighted by atomic mass is 16.2. The highest BCUT2D eigenvalue weighted by molar-refractivity contribution is 6.05. The van der Waals surface area contributed by atoms with Gasteiger partial charge in [-0.25, -0.2) is 4.98 Å². The highest BCUT2D eigenvalue weighted by Crippen LogP contribution is 2.35. The Bertz CT molecular complexity index is 1130. The largest absolute Gasteiger partial charge is 0.322 e. The molecule has 1 saturated carbocycles. The van der Waals surface area contributed by atoms with E-state index in [2.05, 4.69) is 19.2 Å². The van der Waals surface area contributed by atoms with E-state index in [9.17, 15) is 9.59 Å². The second-order valence-electron chi connectivity index (χ2n) is 9.06. The number of nitrogens with zero attached hydrogens (tertiary/aromatic N) is 3. The average molecular weight is 433 g/mol.